The van der Waals surface area contributed by atoms with E-state index in [1.807, 2.05) is 12.1 Å². The molecule has 0 fully saturated rings. The second-order valence-electron chi connectivity index (χ2n) is 11.8. The van der Waals surface area contributed by atoms with Crippen LogP contribution in [0.2, 0.25) is 0 Å². The summed E-state index contributed by atoms with van der Waals surface area (Å²) in [5, 5.41) is 11.3. The fourth-order valence-corrected chi connectivity index (χ4v) is 5.99. The van der Waals surface area contributed by atoms with Gasteiger partial charge in [-0.2, -0.15) is 10.2 Å². The first-order valence-electron chi connectivity index (χ1n) is 15.5. The van der Waals surface area contributed by atoms with Gasteiger partial charge in [-0.15, -0.1) is 0 Å². The summed E-state index contributed by atoms with van der Waals surface area (Å²) < 4.78 is 0. The average Bonchev–Trinajstić information content (AvgIpc) is 3.39. The van der Waals surface area contributed by atoms with Crippen molar-refractivity contribution in [2.45, 2.75) is 20.3 Å². The molecule has 5 nitrogen and oxygen atoms in total. The normalized spacial score (nSPS) is 11.8. The number of hydrogen-bond donors (Lipinski definition) is 0. The van der Waals surface area contributed by atoms with Crippen LogP contribution in [0.5, 0.6) is 0 Å². The molecule has 220 valence electrons. The molecule has 45 heavy (non-hydrogen) atoms. The predicted molar refractivity (Wildman–Crippen MR) is 186 cm³/mol. The zero-order chi connectivity index (χ0) is 30.8. The van der Waals surface area contributed by atoms with Crippen molar-refractivity contribution in [3.63, 3.8) is 0 Å². The summed E-state index contributed by atoms with van der Waals surface area (Å²) in [5.74, 6) is 0.477. The highest BCUT2D eigenvalue weighted by Gasteiger charge is 2.27. The van der Waals surface area contributed by atoms with Gasteiger partial charge in [0, 0.05) is 45.6 Å². The molecule has 1 aliphatic carbocycles. The van der Waals surface area contributed by atoms with Gasteiger partial charge in [-0.3, -0.25) is 0 Å². The van der Waals surface area contributed by atoms with Gasteiger partial charge in [0.05, 0.1) is 35.9 Å². The van der Waals surface area contributed by atoms with Gasteiger partial charge >= 0.3 is 0 Å². The number of fused-ring (bicyclic) bond motifs is 3. The molecule has 1 aliphatic rings. The Morgan fingerprint density at radius 2 is 1.24 bits per heavy atom. The SMILES string of the molecule is C=C(c1ccc(N(c2ccccc2)c2ccccc2)cc1)c1nc2c(nc1CC/N=N/CC(C)C)-c1cccc3cccc-2c13. The van der Waals surface area contributed by atoms with Crippen LogP contribution >= 0.6 is 0 Å². The van der Waals surface area contributed by atoms with Crippen molar-refractivity contribution in [2.75, 3.05) is 18.0 Å². The van der Waals surface area contributed by atoms with E-state index in [0.29, 0.717) is 18.9 Å². The van der Waals surface area contributed by atoms with Crippen molar-refractivity contribution in [1.82, 2.24) is 9.97 Å². The highest BCUT2D eigenvalue weighted by Crippen LogP contribution is 2.46. The Morgan fingerprint density at radius 3 is 1.84 bits per heavy atom. The molecule has 7 rings (SSSR count). The number of benzene rings is 5. The lowest BCUT2D eigenvalue weighted by Gasteiger charge is -2.25. The van der Waals surface area contributed by atoms with E-state index in [1.165, 1.54) is 10.8 Å². The van der Waals surface area contributed by atoms with Crippen LogP contribution in [0.3, 0.4) is 0 Å². The van der Waals surface area contributed by atoms with Gasteiger partial charge in [0.2, 0.25) is 0 Å². The standard InChI is InChI=1S/C40H35N5/c1-27(2)26-42-41-25-24-36-38(44-40-35-19-11-13-30-12-10-18-34(37(30)35)39(40)43-36)28(3)29-20-22-33(23-21-29)45(31-14-6-4-7-15-31)32-16-8-5-9-17-32/h4-23,27H,3,24-26H2,1-2H3/b42-41+. The molecule has 5 aromatic carbocycles. The van der Waals surface area contributed by atoms with Crippen molar-refractivity contribution in [3.05, 3.63) is 145 Å². The second-order valence-corrected chi connectivity index (χ2v) is 11.8. The maximum Gasteiger partial charge on any atom is 0.0979 e. The van der Waals surface area contributed by atoms with Crippen molar-refractivity contribution in [2.24, 2.45) is 16.1 Å². The maximum absolute atomic E-state index is 5.30. The Kier molecular flexibility index (Phi) is 7.75. The van der Waals surface area contributed by atoms with Gasteiger partial charge in [0.1, 0.15) is 0 Å². The third-order valence-corrected chi connectivity index (χ3v) is 8.17. The van der Waals surface area contributed by atoms with Crippen LogP contribution in [0.1, 0.15) is 30.8 Å². The Bertz CT molecular complexity index is 1970. The molecule has 0 saturated carbocycles. The minimum Gasteiger partial charge on any atom is -0.311 e. The molecule has 0 unspecified atom stereocenters. The fraction of sp³-hybridized carbons (Fsp3) is 0.150. The minimum atomic E-state index is 0.477. The van der Waals surface area contributed by atoms with E-state index >= 15 is 0 Å². The number of para-hydroxylation sites is 2. The Balaban J connectivity index is 1.27. The summed E-state index contributed by atoms with van der Waals surface area (Å²) in [7, 11) is 0. The molecule has 1 heterocycles. The smallest absolute Gasteiger partial charge is 0.0979 e. The van der Waals surface area contributed by atoms with Crippen LogP contribution in [0, 0.1) is 5.92 Å². The van der Waals surface area contributed by atoms with Crippen LogP contribution in [0.15, 0.2) is 138 Å². The number of rotatable bonds is 10. The molecule has 0 bridgehead atoms. The molecule has 0 N–H and O–H groups in total. The number of azo groups is 1. The summed E-state index contributed by atoms with van der Waals surface area (Å²) in [5.41, 5.74) is 10.9. The quantitative estimate of drug-likeness (QED) is 0.150. The van der Waals surface area contributed by atoms with Crippen LogP contribution < -0.4 is 4.90 Å². The van der Waals surface area contributed by atoms with Crippen LogP contribution in [0.4, 0.5) is 17.1 Å². The monoisotopic (exact) mass is 585 g/mol. The lowest BCUT2D eigenvalue weighted by molar-refractivity contribution is 0.634. The topological polar surface area (TPSA) is 53.7 Å². The third-order valence-electron chi connectivity index (χ3n) is 8.17. The number of nitrogens with zero attached hydrogens (tertiary/aromatic N) is 5. The zero-order valence-electron chi connectivity index (χ0n) is 25.7. The number of hydrogen-bond acceptors (Lipinski definition) is 5. The van der Waals surface area contributed by atoms with Crippen LogP contribution in [-0.4, -0.2) is 23.1 Å². The van der Waals surface area contributed by atoms with E-state index in [0.717, 1.165) is 68.6 Å². The highest BCUT2D eigenvalue weighted by atomic mass is 15.1. The third kappa shape index (κ3) is 5.53. The minimum absolute atomic E-state index is 0.477. The molecular weight excluding hydrogens is 550 g/mol. The first-order valence-corrected chi connectivity index (χ1v) is 15.5. The summed E-state index contributed by atoms with van der Waals surface area (Å²) in [6.07, 6.45) is 0.635. The van der Waals surface area contributed by atoms with Crippen molar-refractivity contribution in [3.8, 4) is 22.5 Å². The Labute approximate surface area is 264 Å². The first kappa shape index (κ1) is 28.4. The van der Waals surface area contributed by atoms with E-state index in [1.54, 1.807) is 0 Å². The van der Waals surface area contributed by atoms with Crippen molar-refractivity contribution in [1.29, 1.82) is 0 Å². The van der Waals surface area contributed by atoms with E-state index in [2.05, 4.69) is 145 Å². The molecule has 0 saturated heterocycles. The predicted octanol–water partition coefficient (Wildman–Crippen LogP) is 10.5. The van der Waals surface area contributed by atoms with Crippen molar-refractivity contribution < 1.29 is 0 Å². The van der Waals surface area contributed by atoms with Gasteiger partial charge in [0.15, 0.2) is 0 Å². The summed E-state index contributed by atoms with van der Waals surface area (Å²) >= 11 is 0. The van der Waals surface area contributed by atoms with Crippen molar-refractivity contribution >= 4 is 33.4 Å². The molecular formula is C40H35N5. The Morgan fingerprint density at radius 1 is 0.667 bits per heavy atom. The second kappa shape index (κ2) is 12.3. The molecule has 0 spiro atoms. The summed E-state index contributed by atoms with van der Waals surface area (Å²) in [4.78, 5) is 12.8. The molecule has 5 heteroatoms. The molecule has 0 atom stereocenters. The van der Waals surface area contributed by atoms with E-state index in [-0.39, 0.29) is 0 Å². The largest absolute Gasteiger partial charge is 0.311 e. The molecule has 0 radical (unpaired) electrons. The summed E-state index contributed by atoms with van der Waals surface area (Å²) in [6, 6.07) is 42.2. The van der Waals surface area contributed by atoms with E-state index < -0.39 is 0 Å². The van der Waals surface area contributed by atoms with E-state index in [4.69, 9.17) is 9.97 Å². The lowest BCUT2D eigenvalue weighted by atomic mass is 10.00. The summed E-state index contributed by atoms with van der Waals surface area (Å²) in [6.45, 7) is 10.1. The van der Waals surface area contributed by atoms with Crippen LogP contribution in [-0.2, 0) is 6.42 Å². The first-order chi connectivity index (χ1) is 22.1. The van der Waals surface area contributed by atoms with Gasteiger partial charge in [-0.1, -0.05) is 105 Å². The number of aromatic nitrogens is 2. The van der Waals surface area contributed by atoms with Gasteiger partial charge in [0.25, 0.3) is 0 Å². The zero-order valence-corrected chi connectivity index (χ0v) is 25.7. The Hall–Kier alpha value is -5.42. The fourth-order valence-electron chi connectivity index (χ4n) is 5.99. The highest BCUT2D eigenvalue weighted by molar-refractivity contribution is 6.13. The van der Waals surface area contributed by atoms with Crippen LogP contribution in [0.25, 0.3) is 38.9 Å². The van der Waals surface area contributed by atoms with Gasteiger partial charge in [-0.05, 0) is 53.3 Å². The molecule has 0 aliphatic heterocycles. The maximum atomic E-state index is 5.30. The van der Waals surface area contributed by atoms with Gasteiger partial charge < -0.3 is 4.90 Å². The molecule has 0 amide bonds. The van der Waals surface area contributed by atoms with Gasteiger partial charge in [-0.25, -0.2) is 9.97 Å². The number of anilines is 3. The molecule has 6 aromatic rings. The lowest BCUT2D eigenvalue weighted by Crippen LogP contribution is -2.10. The van der Waals surface area contributed by atoms with E-state index in [9.17, 15) is 0 Å². The molecule has 1 aromatic heterocycles. The average molecular weight is 586 g/mol.